The quantitative estimate of drug-likeness (QED) is 0.564. The van der Waals surface area contributed by atoms with Crippen LogP contribution in [0.3, 0.4) is 0 Å². The van der Waals surface area contributed by atoms with Crippen LogP contribution in [0, 0.1) is 39.9 Å². The van der Waals surface area contributed by atoms with Gasteiger partial charge in [0.15, 0.2) is 0 Å². The van der Waals surface area contributed by atoms with Gasteiger partial charge in [-0.05, 0) is 34.6 Å². The predicted octanol–water partition coefficient (Wildman–Crippen LogP) is 6.39. The maximum absolute atomic E-state index is 9.36. The van der Waals surface area contributed by atoms with Crippen LogP contribution >= 0.6 is 0 Å². The van der Waals surface area contributed by atoms with Gasteiger partial charge in [-0.1, -0.05) is 94.4 Å². The van der Waals surface area contributed by atoms with E-state index in [1.165, 1.54) is 0 Å². The van der Waals surface area contributed by atoms with Gasteiger partial charge in [0.25, 0.3) is 0 Å². The maximum Gasteiger partial charge on any atom is 0.126 e. The standard InChI is InChI=1S/C25H26N2/c1-19(2)25(20(3)4,15-21(17-26)18-27)16-24(22-11-7-5-8-12-22)23-13-9-6-10-14-23/h5-16,19-20H,1-4H3. The van der Waals surface area contributed by atoms with Gasteiger partial charge in [-0.3, -0.25) is 0 Å². The van der Waals surface area contributed by atoms with E-state index in [9.17, 15) is 10.5 Å². The Morgan fingerprint density at radius 3 is 1.48 bits per heavy atom. The Morgan fingerprint density at radius 2 is 1.15 bits per heavy atom. The summed E-state index contributed by atoms with van der Waals surface area (Å²) < 4.78 is 0. The highest BCUT2D eigenvalue weighted by Gasteiger charge is 2.34. The second kappa shape index (κ2) is 9.02. The molecule has 2 rings (SSSR count). The van der Waals surface area contributed by atoms with E-state index >= 15 is 0 Å². The Labute approximate surface area is 163 Å². The van der Waals surface area contributed by atoms with Crippen LogP contribution in [0.1, 0.15) is 38.8 Å². The predicted molar refractivity (Wildman–Crippen MR) is 111 cm³/mol. The van der Waals surface area contributed by atoms with Crippen molar-refractivity contribution < 1.29 is 0 Å². The molecule has 0 saturated heterocycles. The van der Waals surface area contributed by atoms with Gasteiger partial charge in [-0.2, -0.15) is 10.5 Å². The summed E-state index contributed by atoms with van der Waals surface area (Å²) in [5.41, 5.74) is 3.11. The number of nitrogens with zero attached hydrogens (tertiary/aromatic N) is 2. The highest BCUT2D eigenvalue weighted by Crippen LogP contribution is 2.43. The molecule has 27 heavy (non-hydrogen) atoms. The van der Waals surface area contributed by atoms with E-state index in [0.717, 1.165) is 16.7 Å². The van der Waals surface area contributed by atoms with Gasteiger partial charge in [-0.25, -0.2) is 0 Å². The number of rotatable bonds is 6. The fraction of sp³-hybridized carbons (Fsp3) is 0.280. The first-order valence-electron chi connectivity index (χ1n) is 9.31. The lowest BCUT2D eigenvalue weighted by Crippen LogP contribution is -2.30. The zero-order valence-electron chi connectivity index (χ0n) is 16.5. The third-order valence-electron chi connectivity index (χ3n) is 5.20. The molecule has 0 amide bonds. The zero-order chi connectivity index (χ0) is 19.9. The molecule has 0 atom stereocenters. The Balaban J connectivity index is 2.82. The number of hydrogen-bond donors (Lipinski definition) is 0. The molecule has 0 heterocycles. The van der Waals surface area contributed by atoms with Crippen molar-refractivity contribution in [3.8, 4) is 12.1 Å². The monoisotopic (exact) mass is 354 g/mol. The molecular weight excluding hydrogens is 328 g/mol. The molecule has 0 unspecified atom stereocenters. The van der Waals surface area contributed by atoms with Crippen molar-refractivity contribution >= 4 is 5.57 Å². The molecule has 136 valence electrons. The van der Waals surface area contributed by atoms with E-state index in [0.29, 0.717) is 0 Å². The van der Waals surface area contributed by atoms with E-state index in [1.807, 2.05) is 54.6 Å². The number of allylic oxidation sites excluding steroid dienone is 3. The summed E-state index contributed by atoms with van der Waals surface area (Å²) in [6.07, 6.45) is 4.11. The molecule has 0 radical (unpaired) electrons. The molecule has 0 fully saturated rings. The molecule has 0 aliphatic carbocycles. The van der Waals surface area contributed by atoms with Crippen LogP contribution in [0.15, 0.2) is 78.4 Å². The van der Waals surface area contributed by atoms with Crippen molar-refractivity contribution in [1.82, 2.24) is 0 Å². The van der Waals surface area contributed by atoms with Gasteiger partial charge in [0.05, 0.1) is 0 Å². The van der Waals surface area contributed by atoms with Crippen LogP contribution in [0.25, 0.3) is 5.57 Å². The second-order valence-electron chi connectivity index (χ2n) is 7.38. The van der Waals surface area contributed by atoms with E-state index < -0.39 is 5.41 Å². The topological polar surface area (TPSA) is 47.6 Å². The van der Waals surface area contributed by atoms with Gasteiger partial charge in [0, 0.05) is 5.41 Å². The van der Waals surface area contributed by atoms with Gasteiger partial charge >= 0.3 is 0 Å². The first-order valence-corrected chi connectivity index (χ1v) is 9.31. The molecule has 0 aromatic heterocycles. The molecule has 2 heteroatoms. The summed E-state index contributed by atoms with van der Waals surface area (Å²) >= 11 is 0. The van der Waals surface area contributed by atoms with E-state index in [-0.39, 0.29) is 17.4 Å². The van der Waals surface area contributed by atoms with Crippen molar-refractivity contribution in [2.24, 2.45) is 17.3 Å². The molecular formula is C25H26N2. The van der Waals surface area contributed by atoms with Gasteiger partial charge in [-0.15, -0.1) is 0 Å². The average Bonchev–Trinajstić information content (AvgIpc) is 2.69. The number of hydrogen-bond acceptors (Lipinski definition) is 2. The first kappa shape index (κ1) is 20.2. The molecule has 2 aromatic rings. The normalized spacial score (nSPS) is 10.8. The first-order chi connectivity index (χ1) is 12.9. The van der Waals surface area contributed by atoms with Crippen molar-refractivity contribution in [2.75, 3.05) is 0 Å². The molecule has 0 aliphatic heterocycles. The van der Waals surface area contributed by atoms with Gasteiger partial charge in [0.1, 0.15) is 17.7 Å². The van der Waals surface area contributed by atoms with Gasteiger partial charge in [0.2, 0.25) is 0 Å². The second-order valence-corrected chi connectivity index (χ2v) is 7.38. The van der Waals surface area contributed by atoms with E-state index in [2.05, 4.69) is 58.0 Å². The smallest absolute Gasteiger partial charge is 0.126 e. The largest absolute Gasteiger partial charge is 0.192 e. The summed E-state index contributed by atoms with van der Waals surface area (Å²) in [7, 11) is 0. The summed E-state index contributed by atoms with van der Waals surface area (Å²) in [6.45, 7) is 8.58. The van der Waals surface area contributed by atoms with E-state index in [4.69, 9.17) is 0 Å². The summed E-state index contributed by atoms with van der Waals surface area (Å²) in [4.78, 5) is 0. The number of benzene rings is 2. The molecule has 0 bridgehead atoms. The summed E-state index contributed by atoms with van der Waals surface area (Å²) in [5, 5.41) is 18.7. The minimum atomic E-state index is -0.415. The molecule has 2 aromatic carbocycles. The molecule has 0 spiro atoms. The highest BCUT2D eigenvalue weighted by molar-refractivity contribution is 5.80. The van der Waals surface area contributed by atoms with Crippen molar-refractivity contribution in [2.45, 2.75) is 27.7 Å². The fourth-order valence-electron chi connectivity index (χ4n) is 3.53. The molecule has 2 nitrogen and oxygen atoms in total. The molecule has 0 aliphatic rings. The van der Waals surface area contributed by atoms with Gasteiger partial charge < -0.3 is 0 Å². The minimum absolute atomic E-state index is 0.161. The van der Waals surface area contributed by atoms with E-state index in [1.54, 1.807) is 0 Å². The number of nitriles is 2. The van der Waals surface area contributed by atoms with Crippen LogP contribution in [-0.2, 0) is 0 Å². The zero-order valence-corrected chi connectivity index (χ0v) is 16.5. The molecule has 0 N–H and O–H groups in total. The highest BCUT2D eigenvalue weighted by atomic mass is 14.4. The Kier molecular flexibility index (Phi) is 6.75. The van der Waals surface area contributed by atoms with Crippen LogP contribution in [0.5, 0.6) is 0 Å². The summed E-state index contributed by atoms with van der Waals surface area (Å²) in [5.74, 6) is 0.438. The summed E-state index contributed by atoms with van der Waals surface area (Å²) in [6, 6.07) is 24.6. The lowest BCUT2D eigenvalue weighted by Gasteiger charge is -2.37. The van der Waals surface area contributed by atoms with Crippen molar-refractivity contribution in [3.63, 3.8) is 0 Å². The van der Waals surface area contributed by atoms with Crippen LogP contribution in [0.2, 0.25) is 0 Å². The van der Waals surface area contributed by atoms with Crippen LogP contribution < -0.4 is 0 Å². The average molecular weight is 354 g/mol. The lowest BCUT2D eigenvalue weighted by atomic mass is 9.66. The Morgan fingerprint density at radius 1 is 0.741 bits per heavy atom. The SMILES string of the molecule is CC(C)C(C=C(C#N)C#N)(C=C(c1ccccc1)c1ccccc1)C(C)C. The van der Waals surface area contributed by atoms with Crippen molar-refractivity contribution in [3.05, 3.63) is 89.5 Å². The van der Waals surface area contributed by atoms with Crippen LogP contribution in [0.4, 0.5) is 0 Å². The molecule has 0 saturated carbocycles. The Bertz CT molecular complexity index is 823. The maximum atomic E-state index is 9.36. The Hall–Kier alpha value is -3.10. The van der Waals surface area contributed by atoms with Crippen LogP contribution in [-0.4, -0.2) is 0 Å². The lowest BCUT2D eigenvalue weighted by molar-refractivity contribution is 0.249. The third kappa shape index (κ3) is 4.55. The minimum Gasteiger partial charge on any atom is -0.192 e. The third-order valence-corrected chi connectivity index (χ3v) is 5.20. The fourth-order valence-corrected chi connectivity index (χ4v) is 3.53. The van der Waals surface area contributed by atoms with Crippen molar-refractivity contribution in [1.29, 1.82) is 10.5 Å².